The lowest BCUT2D eigenvalue weighted by Gasteiger charge is -2.08. The number of halogens is 2. The first-order chi connectivity index (χ1) is 12.9. The molecule has 0 radical (unpaired) electrons. The third-order valence-corrected chi connectivity index (χ3v) is 4.27. The number of fused-ring (bicyclic) bond motifs is 1. The molecule has 8 heteroatoms. The van der Waals surface area contributed by atoms with E-state index in [2.05, 4.69) is 5.32 Å². The molecular formula is C19H13Cl2NO5. The van der Waals surface area contributed by atoms with Crippen LogP contribution in [-0.4, -0.2) is 18.5 Å². The van der Waals surface area contributed by atoms with Gasteiger partial charge < -0.3 is 14.5 Å². The molecule has 0 saturated heterocycles. The molecule has 1 heterocycles. The van der Waals surface area contributed by atoms with Gasteiger partial charge in [0.15, 0.2) is 6.61 Å². The number of nitrogens with one attached hydrogen (secondary N) is 1. The van der Waals surface area contributed by atoms with Crippen molar-refractivity contribution in [3.8, 4) is 0 Å². The zero-order chi connectivity index (χ0) is 19.4. The van der Waals surface area contributed by atoms with Crippen LogP contribution in [0.3, 0.4) is 0 Å². The van der Waals surface area contributed by atoms with E-state index in [4.69, 9.17) is 32.4 Å². The van der Waals surface area contributed by atoms with E-state index in [0.717, 1.165) is 0 Å². The molecule has 0 fully saturated rings. The van der Waals surface area contributed by atoms with Crippen LogP contribution in [-0.2, 0) is 16.1 Å². The standard InChI is InChI=1S/C19H13Cl2NO5/c20-13-6-5-12(15(21)8-13)9-22-17(23)10-26-18(24)14-7-11-3-1-2-4-16(11)27-19(14)25/h1-8H,9-10H2,(H,22,23). The van der Waals surface area contributed by atoms with Crippen molar-refractivity contribution in [3.63, 3.8) is 0 Å². The van der Waals surface area contributed by atoms with Crippen molar-refractivity contribution in [1.29, 1.82) is 0 Å². The van der Waals surface area contributed by atoms with Gasteiger partial charge in [-0.3, -0.25) is 4.79 Å². The lowest BCUT2D eigenvalue weighted by Crippen LogP contribution is -2.29. The van der Waals surface area contributed by atoms with Crippen molar-refractivity contribution in [1.82, 2.24) is 5.32 Å². The first kappa shape index (κ1) is 18.9. The largest absolute Gasteiger partial charge is 0.452 e. The fraction of sp³-hybridized carbons (Fsp3) is 0.105. The second-order valence-corrected chi connectivity index (χ2v) is 6.42. The lowest BCUT2D eigenvalue weighted by atomic mass is 10.2. The van der Waals surface area contributed by atoms with Crippen LogP contribution in [0.5, 0.6) is 0 Å². The number of carbonyl (C=O) groups excluding carboxylic acids is 2. The lowest BCUT2D eigenvalue weighted by molar-refractivity contribution is -0.124. The molecule has 138 valence electrons. The van der Waals surface area contributed by atoms with Crippen molar-refractivity contribution in [2.75, 3.05) is 6.61 Å². The first-order valence-electron chi connectivity index (χ1n) is 7.84. The molecule has 1 N–H and O–H groups in total. The Labute approximate surface area is 163 Å². The van der Waals surface area contributed by atoms with E-state index < -0.39 is 24.1 Å². The predicted molar refractivity (Wildman–Crippen MR) is 101 cm³/mol. The average Bonchev–Trinajstić information content (AvgIpc) is 2.64. The van der Waals surface area contributed by atoms with E-state index in [0.29, 0.717) is 26.6 Å². The summed E-state index contributed by atoms with van der Waals surface area (Å²) in [4.78, 5) is 35.9. The Morgan fingerprint density at radius 3 is 2.63 bits per heavy atom. The molecule has 3 aromatic rings. The quantitative estimate of drug-likeness (QED) is 0.517. The number of hydrogen-bond acceptors (Lipinski definition) is 5. The van der Waals surface area contributed by atoms with Crippen LogP contribution in [0.2, 0.25) is 10.0 Å². The Bertz CT molecular complexity index is 1080. The van der Waals surface area contributed by atoms with Crippen LogP contribution in [0.15, 0.2) is 57.7 Å². The van der Waals surface area contributed by atoms with E-state index in [1.165, 1.54) is 6.07 Å². The van der Waals surface area contributed by atoms with Gasteiger partial charge in [0.1, 0.15) is 11.1 Å². The predicted octanol–water partition coefficient (Wildman–Crippen LogP) is 3.57. The summed E-state index contributed by atoms with van der Waals surface area (Å²) in [6, 6.07) is 13.0. The van der Waals surface area contributed by atoms with E-state index in [1.807, 2.05) is 0 Å². The summed E-state index contributed by atoms with van der Waals surface area (Å²) < 4.78 is 9.96. The number of hydrogen-bond donors (Lipinski definition) is 1. The zero-order valence-corrected chi connectivity index (χ0v) is 15.3. The van der Waals surface area contributed by atoms with Crippen LogP contribution >= 0.6 is 23.2 Å². The van der Waals surface area contributed by atoms with Crippen LogP contribution in [0.1, 0.15) is 15.9 Å². The van der Waals surface area contributed by atoms with E-state index in [9.17, 15) is 14.4 Å². The number of esters is 1. The molecule has 0 aliphatic heterocycles. The summed E-state index contributed by atoms with van der Waals surface area (Å²) >= 11 is 11.8. The average molecular weight is 406 g/mol. The second-order valence-electron chi connectivity index (χ2n) is 5.57. The SMILES string of the molecule is O=C(COC(=O)c1cc2ccccc2oc1=O)NCc1ccc(Cl)cc1Cl. The van der Waals surface area contributed by atoms with Crippen LogP contribution in [0.25, 0.3) is 11.0 Å². The molecule has 6 nitrogen and oxygen atoms in total. The topological polar surface area (TPSA) is 85.6 Å². The van der Waals surface area contributed by atoms with E-state index >= 15 is 0 Å². The van der Waals surface area contributed by atoms with Crippen LogP contribution < -0.4 is 10.9 Å². The fourth-order valence-electron chi connectivity index (χ4n) is 2.32. The van der Waals surface area contributed by atoms with Gasteiger partial charge in [-0.15, -0.1) is 0 Å². The summed E-state index contributed by atoms with van der Waals surface area (Å²) in [6.45, 7) is -0.402. The normalized spacial score (nSPS) is 10.6. The highest BCUT2D eigenvalue weighted by Gasteiger charge is 2.16. The third-order valence-electron chi connectivity index (χ3n) is 3.69. The molecule has 0 aliphatic carbocycles. The van der Waals surface area contributed by atoms with E-state index in [1.54, 1.807) is 42.5 Å². The number of carbonyl (C=O) groups is 2. The summed E-state index contributed by atoms with van der Waals surface area (Å²) in [5.74, 6) is -1.48. The molecule has 0 saturated carbocycles. The van der Waals surface area contributed by atoms with Crippen molar-refractivity contribution < 1.29 is 18.7 Å². The summed E-state index contributed by atoms with van der Waals surface area (Å²) in [6.07, 6.45) is 0. The Balaban J connectivity index is 1.59. The minimum absolute atomic E-state index is 0.143. The highest BCUT2D eigenvalue weighted by Crippen LogP contribution is 2.20. The molecule has 3 rings (SSSR count). The summed E-state index contributed by atoms with van der Waals surface area (Å²) in [5.41, 5.74) is -0.0816. The Morgan fingerprint density at radius 1 is 1.07 bits per heavy atom. The molecule has 1 aromatic heterocycles. The summed E-state index contributed by atoms with van der Waals surface area (Å²) in [5, 5.41) is 4.04. The van der Waals surface area contributed by atoms with Crippen molar-refractivity contribution in [2.45, 2.75) is 6.54 Å². The van der Waals surface area contributed by atoms with Crippen LogP contribution in [0.4, 0.5) is 0 Å². The van der Waals surface area contributed by atoms with Gasteiger partial charge >= 0.3 is 11.6 Å². The van der Waals surface area contributed by atoms with Gasteiger partial charge in [0.25, 0.3) is 5.91 Å². The van der Waals surface area contributed by atoms with Gasteiger partial charge in [0, 0.05) is 22.0 Å². The number of ether oxygens (including phenoxy) is 1. The van der Waals surface area contributed by atoms with Gasteiger partial charge in [-0.2, -0.15) is 0 Å². The maximum absolute atomic E-state index is 12.1. The molecule has 0 unspecified atom stereocenters. The van der Waals surface area contributed by atoms with Crippen molar-refractivity contribution in [3.05, 3.63) is 80.1 Å². The number of rotatable bonds is 5. The molecule has 0 atom stereocenters. The Kier molecular flexibility index (Phi) is 5.78. The highest BCUT2D eigenvalue weighted by atomic mass is 35.5. The molecule has 0 spiro atoms. The fourth-order valence-corrected chi connectivity index (χ4v) is 2.80. The molecule has 2 aromatic carbocycles. The van der Waals surface area contributed by atoms with Gasteiger partial charge in [-0.05, 0) is 29.8 Å². The molecule has 1 amide bonds. The van der Waals surface area contributed by atoms with Crippen molar-refractivity contribution in [2.24, 2.45) is 0 Å². The Hall–Kier alpha value is -2.83. The molecule has 27 heavy (non-hydrogen) atoms. The van der Waals surface area contributed by atoms with E-state index in [-0.39, 0.29) is 12.1 Å². The number of para-hydroxylation sites is 1. The Morgan fingerprint density at radius 2 is 1.85 bits per heavy atom. The maximum atomic E-state index is 12.1. The van der Waals surface area contributed by atoms with Crippen LogP contribution in [0, 0.1) is 0 Å². The number of amides is 1. The third kappa shape index (κ3) is 4.67. The first-order valence-corrected chi connectivity index (χ1v) is 8.60. The minimum atomic E-state index is -0.936. The summed E-state index contributed by atoms with van der Waals surface area (Å²) in [7, 11) is 0. The number of benzene rings is 2. The monoisotopic (exact) mass is 405 g/mol. The van der Waals surface area contributed by atoms with Gasteiger partial charge in [-0.1, -0.05) is 47.5 Å². The highest BCUT2D eigenvalue weighted by molar-refractivity contribution is 6.35. The molecular weight excluding hydrogens is 393 g/mol. The maximum Gasteiger partial charge on any atom is 0.351 e. The smallest absolute Gasteiger partial charge is 0.351 e. The molecule has 0 bridgehead atoms. The zero-order valence-electron chi connectivity index (χ0n) is 13.8. The van der Waals surface area contributed by atoms with Gasteiger partial charge in [-0.25, -0.2) is 9.59 Å². The van der Waals surface area contributed by atoms with Gasteiger partial charge in [0.05, 0.1) is 0 Å². The van der Waals surface area contributed by atoms with Gasteiger partial charge in [0.2, 0.25) is 0 Å². The molecule has 0 aliphatic rings. The second kappa shape index (κ2) is 8.24. The minimum Gasteiger partial charge on any atom is -0.452 e. The van der Waals surface area contributed by atoms with Crippen molar-refractivity contribution >= 4 is 46.0 Å².